The first-order valence-corrected chi connectivity index (χ1v) is 21.9. The molecule has 4 bridgehead atoms. The van der Waals surface area contributed by atoms with E-state index in [1.807, 2.05) is 125 Å². The molecule has 0 N–H and O–H groups in total. The van der Waals surface area contributed by atoms with Crippen LogP contribution in [0.3, 0.4) is 0 Å². The van der Waals surface area contributed by atoms with Crippen molar-refractivity contribution in [3.05, 3.63) is 117 Å². The molecule has 0 unspecified atom stereocenters. The standard InChI is InChI=1S/C52H56O10/c1-5-55-43-23-11-19-39-31-35-15-9-16-36(47(35)53)32-41-21-13-25-45(57-7-3)51(41)61-29-30-62-52-42(22-14-26-46(52)58-8-4)34-38-18-10-17-37(48(38)54)33-40-20-12-24-44(56-6-2)50(40)60-28-27-59-49(39)43/h11-14,19-26,31-34H,5-10,15-18,27-30H2,1-4H3/b35-31-,36-32+,37-33+,38-34-. The minimum absolute atomic E-state index is 0.0310. The Bertz CT molecular complexity index is 2040. The number of carbonyl (C=O) groups is 2. The van der Waals surface area contributed by atoms with E-state index in [0.29, 0.717) is 120 Å². The molecule has 2 aliphatic carbocycles. The Morgan fingerprint density at radius 2 is 0.629 bits per heavy atom. The first-order chi connectivity index (χ1) is 30.4. The van der Waals surface area contributed by atoms with Gasteiger partial charge in [-0.1, -0.05) is 48.5 Å². The van der Waals surface area contributed by atoms with Gasteiger partial charge in [-0.25, -0.2) is 0 Å². The molecule has 0 atom stereocenters. The molecule has 10 nitrogen and oxygen atoms in total. The fraction of sp³-hybridized carbons (Fsp3) is 0.346. The summed E-state index contributed by atoms with van der Waals surface area (Å²) in [4.78, 5) is 28.5. The van der Waals surface area contributed by atoms with Crippen LogP contribution in [0.2, 0.25) is 0 Å². The third-order valence-corrected chi connectivity index (χ3v) is 10.7. The summed E-state index contributed by atoms with van der Waals surface area (Å²) in [5.74, 6) is 4.34. The van der Waals surface area contributed by atoms with Crippen LogP contribution >= 0.6 is 0 Å². The van der Waals surface area contributed by atoms with Crippen LogP contribution in [-0.4, -0.2) is 64.4 Å². The number of ether oxygens (including phenoxy) is 8. The van der Waals surface area contributed by atoms with E-state index in [4.69, 9.17) is 37.9 Å². The number of fused-ring (bicyclic) bond motifs is 8. The molecule has 1 heterocycles. The highest BCUT2D eigenvalue weighted by Crippen LogP contribution is 2.40. The van der Waals surface area contributed by atoms with Crippen LogP contribution in [0.1, 0.15) is 88.5 Å². The van der Waals surface area contributed by atoms with Crippen molar-refractivity contribution >= 4 is 35.9 Å². The Balaban J connectivity index is 1.31. The zero-order chi connectivity index (χ0) is 43.3. The molecular weight excluding hydrogens is 785 g/mol. The highest BCUT2D eigenvalue weighted by Gasteiger charge is 2.25. The van der Waals surface area contributed by atoms with Gasteiger partial charge in [-0.05, 0) is 115 Å². The van der Waals surface area contributed by atoms with Crippen molar-refractivity contribution < 1.29 is 47.5 Å². The fourth-order valence-electron chi connectivity index (χ4n) is 7.96. The van der Waals surface area contributed by atoms with Crippen molar-refractivity contribution in [2.24, 2.45) is 0 Å². The van der Waals surface area contributed by atoms with Gasteiger partial charge < -0.3 is 37.9 Å². The minimum Gasteiger partial charge on any atom is -0.490 e. The van der Waals surface area contributed by atoms with Crippen molar-refractivity contribution in [3.63, 3.8) is 0 Å². The zero-order valence-electron chi connectivity index (χ0n) is 36.2. The lowest BCUT2D eigenvalue weighted by Gasteiger charge is -2.21. The third kappa shape index (κ3) is 10.4. The topological polar surface area (TPSA) is 108 Å². The molecule has 0 spiro atoms. The second-order valence-corrected chi connectivity index (χ2v) is 14.9. The second kappa shape index (κ2) is 21.4. The number of allylic oxidation sites excluding steroid dienone is 4. The molecule has 10 heteroatoms. The largest absolute Gasteiger partial charge is 0.490 e. The number of Topliss-reactive ketones (excluding diaryl/α,β-unsaturated/α-hetero) is 2. The zero-order valence-corrected chi connectivity index (χ0v) is 36.2. The van der Waals surface area contributed by atoms with Crippen LogP contribution in [0.15, 0.2) is 95.1 Å². The van der Waals surface area contributed by atoms with Crippen LogP contribution in [0.25, 0.3) is 24.3 Å². The maximum absolute atomic E-state index is 14.3. The van der Waals surface area contributed by atoms with E-state index in [9.17, 15) is 9.59 Å². The molecule has 0 aromatic heterocycles. The lowest BCUT2D eigenvalue weighted by molar-refractivity contribution is -0.113. The van der Waals surface area contributed by atoms with E-state index in [1.165, 1.54) is 0 Å². The average Bonchev–Trinajstić information content (AvgIpc) is 3.26. The maximum Gasteiger partial charge on any atom is 0.185 e. The third-order valence-electron chi connectivity index (χ3n) is 10.7. The van der Waals surface area contributed by atoms with Crippen molar-refractivity contribution in [1.29, 1.82) is 0 Å². The van der Waals surface area contributed by atoms with E-state index in [-0.39, 0.29) is 38.0 Å². The first-order valence-electron chi connectivity index (χ1n) is 21.9. The highest BCUT2D eigenvalue weighted by atomic mass is 16.6. The van der Waals surface area contributed by atoms with E-state index >= 15 is 0 Å². The van der Waals surface area contributed by atoms with E-state index in [1.54, 1.807) is 0 Å². The van der Waals surface area contributed by atoms with Crippen LogP contribution < -0.4 is 37.9 Å². The molecule has 0 radical (unpaired) electrons. The molecule has 2 fully saturated rings. The molecule has 4 aromatic rings. The van der Waals surface area contributed by atoms with Gasteiger partial charge in [0.15, 0.2) is 57.6 Å². The van der Waals surface area contributed by atoms with Gasteiger partial charge in [-0.3, -0.25) is 9.59 Å². The summed E-state index contributed by atoms with van der Waals surface area (Å²) in [5.41, 5.74) is 5.65. The van der Waals surface area contributed by atoms with Gasteiger partial charge in [0.25, 0.3) is 0 Å². The molecule has 3 aliphatic rings. The predicted molar refractivity (Wildman–Crippen MR) is 242 cm³/mol. The summed E-state index contributed by atoms with van der Waals surface area (Å²) < 4.78 is 49.9. The van der Waals surface area contributed by atoms with E-state index < -0.39 is 0 Å². The average molecular weight is 841 g/mol. The summed E-state index contributed by atoms with van der Waals surface area (Å²) in [6.45, 7) is 10.1. The quantitative estimate of drug-likeness (QED) is 0.170. The highest BCUT2D eigenvalue weighted by molar-refractivity contribution is 6.15. The smallest absolute Gasteiger partial charge is 0.185 e. The second-order valence-electron chi connectivity index (χ2n) is 14.9. The maximum atomic E-state index is 14.3. The van der Waals surface area contributed by atoms with Crippen LogP contribution in [0.5, 0.6) is 46.0 Å². The molecule has 62 heavy (non-hydrogen) atoms. The number of benzene rings is 4. The van der Waals surface area contributed by atoms with Gasteiger partial charge in [-0.2, -0.15) is 0 Å². The Morgan fingerprint density at radius 3 is 0.855 bits per heavy atom. The van der Waals surface area contributed by atoms with Gasteiger partial charge in [0.05, 0.1) is 26.4 Å². The SMILES string of the molecule is CCOc1cccc2c1OCCOc1c(cccc1OCC)/C=C1\CCC/C(=C/c3cccc(OCC)c3OCCOc3c(cccc3OCC)/C=C3\CCC/C(=C/2)C3=O)C1=O. The summed E-state index contributed by atoms with van der Waals surface area (Å²) in [7, 11) is 0. The van der Waals surface area contributed by atoms with Gasteiger partial charge in [0, 0.05) is 44.5 Å². The van der Waals surface area contributed by atoms with Crippen LogP contribution in [-0.2, 0) is 9.59 Å². The normalized spacial score (nSPS) is 19.4. The summed E-state index contributed by atoms with van der Waals surface area (Å²) in [6.07, 6.45) is 11.7. The number of hydrogen-bond acceptors (Lipinski definition) is 10. The fourth-order valence-corrected chi connectivity index (χ4v) is 7.96. The molecular formula is C52H56O10. The summed E-state index contributed by atoms with van der Waals surface area (Å²) in [5, 5.41) is 0. The van der Waals surface area contributed by atoms with Crippen molar-refractivity contribution in [3.8, 4) is 46.0 Å². The van der Waals surface area contributed by atoms with Gasteiger partial charge in [-0.15, -0.1) is 0 Å². The molecule has 1 aliphatic heterocycles. The van der Waals surface area contributed by atoms with Crippen LogP contribution in [0, 0.1) is 0 Å². The Hall–Kier alpha value is -6.42. The number of ketones is 2. The minimum atomic E-state index is -0.0310. The summed E-state index contributed by atoms with van der Waals surface area (Å²) >= 11 is 0. The number of hydrogen-bond donors (Lipinski definition) is 0. The first kappa shape index (κ1) is 43.7. The predicted octanol–water partition coefficient (Wildman–Crippen LogP) is 11.0. The molecule has 324 valence electrons. The van der Waals surface area contributed by atoms with Gasteiger partial charge in [0.2, 0.25) is 0 Å². The van der Waals surface area contributed by atoms with Crippen molar-refractivity contribution in [1.82, 2.24) is 0 Å². The number of carbonyl (C=O) groups excluding carboxylic acids is 2. The van der Waals surface area contributed by atoms with Gasteiger partial charge >= 0.3 is 0 Å². The number of rotatable bonds is 8. The Labute approximate surface area is 364 Å². The molecule has 4 aromatic carbocycles. The summed E-state index contributed by atoms with van der Waals surface area (Å²) in [6, 6.07) is 22.8. The molecule has 2 saturated carbocycles. The lowest BCUT2D eigenvalue weighted by atomic mass is 9.86. The van der Waals surface area contributed by atoms with Crippen molar-refractivity contribution in [2.75, 3.05) is 52.9 Å². The van der Waals surface area contributed by atoms with E-state index in [0.717, 1.165) is 35.1 Å². The van der Waals surface area contributed by atoms with Crippen molar-refractivity contribution in [2.45, 2.75) is 66.2 Å². The molecule has 0 amide bonds. The lowest BCUT2D eigenvalue weighted by Crippen LogP contribution is -2.15. The van der Waals surface area contributed by atoms with Crippen LogP contribution in [0.4, 0.5) is 0 Å². The monoisotopic (exact) mass is 840 g/mol. The van der Waals surface area contributed by atoms with Gasteiger partial charge in [0.1, 0.15) is 26.4 Å². The Morgan fingerprint density at radius 1 is 0.387 bits per heavy atom. The number of para-hydroxylation sites is 4. The molecule has 7 rings (SSSR count). The molecule has 0 saturated heterocycles. The van der Waals surface area contributed by atoms with E-state index in [2.05, 4.69) is 0 Å². The Kier molecular flexibility index (Phi) is 15.1.